The Hall–Kier alpha value is -2.84. The average Bonchev–Trinajstić information content (AvgIpc) is 3.29. The van der Waals surface area contributed by atoms with E-state index < -0.39 is 11.9 Å². The minimum atomic E-state index is -4.67. The van der Waals surface area contributed by atoms with E-state index in [2.05, 4.69) is 10.1 Å². The molecule has 0 aromatic carbocycles. The lowest BCUT2D eigenvalue weighted by Crippen LogP contribution is -2.47. The molecular weight excluding hydrogens is 373 g/mol. The van der Waals surface area contributed by atoms with Crippen LogP contribution >= 0.6 is 0 Å². The van der Waals surface area contributed by atoms with Crippen molar-refractivity contribution in [2.75, 3.05) is 0 Å². The molecule has 28 heavy (non-hydrogen) atoms. The van der Waals surface area contributed by atoms with Crippen LogP contribution in [0.4, 0.5) is 13.2 Å². The van der Waals surface area contributed by atoms with Gasteiger partial charge in [-0.1, -0.05) is 0 Å². The Kier molecular flexibility index (Phi) is 4.40. The van der Waals surface area contributed by atoms with Crippen LogP contribution in [-0.4, -0.2) is 37.5 Å². The summed E-state index contributed by atoms with van der Waals surface area (Å²) < 4.78 is 46.7. The first-order valence-electron chi connectivity index (χ1n) is 9.10. The number of amides is 1. The summed E-state index contributed by atoms with van der Waals surface area (Å²) in [6.07, 6.45) is -0.570. The van der Waals surface area contributed by atoms with E-state index >= 15 is 0 Å². The average molecular weight is 392 g/mol. The van der Waals surface area contributed by atoms with Crippen LogP contribution in [0.15, 0.2) is 34.9 Å². The third-order valence-electron chi connectivity index (χ3n) is 5.14. The molecule has 1 aliphatic heterocycles. The Labute approximate surface area is 159 Å². The monoisotopic (exact) mass is 392 g/mol. The number of carbonyl (C=O) groups excluding carboxylic acids is 1. The van der Waals surface area contributed by atoms with E-state index in [1.54, 1.807) is 11.0 Å². The Morgan fingerprint density at radius 2 is 1.93 bits per heavy atom. The number of hydrogen-bond acceptors (Lipinski definition) is 4. The quantitative estimate of drug-likeness (QED) is 0.648. The first-order valence-corrected chi connectivity index (χ1v) is 9.10. The molecule has 0 N–H and O–H groups in total. The number of carbonyl (C=O) groups is 1. The zero-order valence-electron chi connectivity index (χ0n) is 15.4. The van der Waals surface area contributed by atoms with Gasteiger partial charge in [0.25, 0.3) is 5.91 Å². The van der Waals surface area contributed by atoms with E-state index in [4.69, 9.17) is 4.42 Å². The van der Waals surface area contributed by atoms with Gasteiger partial charge < -0.3 is 9.32 Å². The molecule has 9 heteroatoms. The molecule has 3 aromatic rings. The van der Waals surface area contributed by atoms with Crippen LogP contribution < -0.4 is 0 Å². The number of alkyl halides is 3. The largest absolute Gasteiger partial charge is 0.463 e. The van der Waals surface area contributed by atoms with Crippen LogP contribution in [0.2, 0.25) is 0 Å². The lowest BCUT2D eigenvalue weighted by Gasteiger charge is -2.38. The number of hydrogen-bond donors (Lipinski definition) is 0. The van der Waals surface area contributed by atoms with Crippen molar-refractivity contribution < 1.29 is 22.4 Å². The summed E-state index contributed by atoms with van der Waals surface area (Å²) in [5.74, 6) is -0.168. The van der Waals surface area contributed by atoms with Gasteiger partial charge >= 0.3 is 6.18 Å². The molecule has 6 nitrogen and oxygen atoms in total. The topological polar surface area (TPSA) is 63.6 Å². The fourth-order valence-corrected chi connectivity index (χ4v) is 3.79. The number of piperidine rings is 1. The maximum absolute atomic E-state index is 13.6. The molecule has 0 saturated carbocycles. The summed E-state index contributed by atoms with van der Waals surface area (Å²) in [6, 6.07) is 5.29. The van der Waals surface area contributed by atoms with Crippen molar-refractivity contribution in [3.05, 3.63) is 41.9 Å². The van der Waals surface area contributed by atoms with E-state index in [0.29, 0.717) is 4.52 Å². The molecule has 0 aliphatic carbocycles. The molecule has 0 bridgehead atoms. The van der Waals surface area contributed by atoms with Gasteiger partial charge in [-0.15, -0.1) is 0 Å². The second kappa shape index (κ2) is 6.65. The SMILES string of the molecule is C[C@@H]1CCC[C@@H](C)N1C(=O)c1cc2nc(-c3ccco3)cc(C(F)(F)F)n2n1. The lowest BCUT2D eigenvalue weighted by molar-refractivity contribution is -0.142. The zero-order chi connectivity index (χ0) is 20.1. The fourth-order valence-electron chi connectivity index (χ4n) is 3.79. The minimum Gasteiger partial charge on any atom is -0.463 e. The molecule has 1 aliphatic rings. The maximum Gasteiger partial charge on any atom is 0.433 e. The molecule has 3 aromatic heterocycles. The number of rotatable bonds is 2. The summed E-state index contributed by atoms with van der Waals surface area (Å²) in [7, 11) is 0. The number of furan rings is 1. The minimum absolute atomic E-state index is 0.00906. The molecule has 0 radical (unpaired) electrons. The van der Waals surface area contributed by atoms with Gasteiger partial charge in [-0.05, 0) is 51.3 Å². The number of aromatic nitrogens is 3. The second-order valence-corrected chi connectivity index (χ2v) is 7.14. The molecule has 4 heterocycles. The van der Waals surface area contributed by atoms with Gasteiger partial charge in [-0.3, -0.25) is 4.79 Å². The standard InChI is InChI=1S/C19H19F3N4O2/c1-11-5-3-6-12(2)25(11)18(27)14-10-17-23-13(15-7-4-8-28-15)9-16(19(20,21)22)26(17)24-14/h4,7-12H,3,5-6H2,1-2H3/t11-,12-/m1/s1. The summed E-state index contributed by atoms with van der Waals surface area (Å²) >= 11 is 0. The highest BCUT2D eigenvalue weighted by Crippen LogP contribution is 2.33. The predicted octanol–water partition coefficient (Wildman–Crippen LogP) is 4.41. The Bertz CT molecular complexity index is 1000. The predicted molar refractivity (Wildman–Crippen MR) is 94.6 cm³/mol. The maximum atomic E-state index is 13.6. The lowest BCUT2D eigenvalue weighted by atomic mass is 9.97. The highest BCUT2D eigenvalue weighted by Gasteiger charge is 2.37. The van der Waals surface area contributed by atoms with Gasteiger partial charge in [0.1, 0.15) is 5.69 Å². The molecule has 1 saturated heterocycles. The van der Waals surface area contributed by atoms with E-state index in [1.807, 2.05) is 13.8 Å². The number of nitrogens with zero attached hydrogens (tertiary/aromatic N) is 4. The molecule has 4 rings (SSSR count). The van der Waals surface area contributed by atoms with E-state index in [1.165, 1.54) is 18.4 Å². The number of likely N-dealkylation sites (tertiary alicyclic amines) is 1. The molecule has 0 spiro atoms. The summed E-state index contributed by atoms with van der Waals surface area (Å²) in [6.45, 7) is 3.88. The van der Waals surface area contributed by atoms with Crippen LogP contribution in [-0.2, 0) is 6.18 Å². The Morgan fingerprint density at radius 3 is 2.54 bits per heavy atom. The van der Waals surface area contributed by atoms with Gasteiger partial charge in [-0.2, -0.15) is 18.3 Å². The fraction of sp³-hybridized carbons (Fsp3) is 0.421. The molecule has 2 atom stereocenters. The van der Waals surface area contributed by atoms with Crippen LogP contribution in [0.3, 0.4) is 0 Å². The van der Waals surface area contributed by atoms with Crippen molar-refractivity contribution in [3.8, 4) is 11.5 Å². The highest BCUT2D eigenvalue weighted by molar-refractivity contribution is 5.94. The first kappa shape index (κ1) is 18.5. The van der Waals surface area contributed by atoms with Gasteiger partial charge in [0.2, 0.25) is 0 Å². The van der Waals surface area contributed by atoms with Crippen molar-refractivity contribution >= 4 is 11.6 Å². The summed E-state index contributed by atoms with van der Waals surface area (Å²) in [4.78, 5) is 18.9. The van der Waals surface area contributed by atoms with E-state index in [0.717, 1.165) is 25.3 Å². The zero-order valence-corrected chi connectivity index (χ0v) is 15.4. The smallest absolute Gasteiger partial charge is 0.433 e. The van der Waals surface area contributed by atoms with E-state index in [9.17, 15) is 18.0 Å². The van der Waals surface area contributed by atoms with Gasteiger partial charge in [-0.25, -0.2) is 9.50 Å². The van der Waals surface area contributed by atoms with Crippen molar-refractivity contribution in [2.45, 2.75) is 51.4 Å². The highest BCUT2D eigenvalue weighted by atomic mass is 19.4. The second-order valence-electron chi connectivity index (χ2n) is 7.14. The third-order valence-corrected chi connectivity index (χ3v) is 5.14. The van der Waals surface area contributed by atoms with Crippen LogP contribution in [0, 0.1) is 0 Å². The van der Waals surface area contributed by atoms with E-state index in [-0.39, 0.29) is 40.8 Å². The van der Waals surface area contributed by atoms with Gasteiger partial charge in [0.05, 0.1) is 6.26 Å². The number of fused-ring (bicyclic) bond motifs is 1. The number of halogens is 3. The summed E-state index contributed by atoms with van der Waals surface area (Å²) in [5, 5.41) is 3.96. The van der Waals surface area contributed by atoms with Crippen molar-refractivity contribution in [1.82, 2.24) is 19.5 Å². The van der Waals surface area contributed by atoms with Crippen LogP contribution in [0.5, 0.6) is 0 Å². The third kappa shape index (κ3) is 3.14. The molecular formula is C19H19F3N4O2. The van der Waals surface area contributed by atoms with Crippen molar-refractivity contribution in [1.29, 1.82) is 0 Å². The molecule has 148 valence electrons. The molecule has 1 amide bonds. The summed E-state index contributed by atoms with van der Waals surface area (Å²) in [5.41, 5.74) is -1.08. The van der Waals surface area contributed by atoms with Crippen molar-refractivity contribution in [2.24, 2.45) is 0 Å². The van der Waals surface area contributed by atoms with Crippen LogP contribution in [0.1, 0.15) is 49.3 Å². The first-order chi connectivity index (χ1) is 13.3. The van der Waals surface area contributed by atoms with Crippen molar-refractivity contribution in [3.63, 3.8) is 0 Å². The molecule has 1 fully saturated rings. The molecule has 0 unspecified atom stereocenters. The Morgan fingerprint density at radius 1 is 1.21 bits per heavy atom. The van der Waals surface area contributed by atoms with Gasteiger partial charge in [0, 0.05) is 18.2 Å². The van der Waals surface area contributed by atoms with Gasteiger partial charge in [0.15, 0.2) is 22.8 Å². The normalized spacial score (nSPS) is 20.7. The Balaban J connectivity index is 1.83. The van der Waals surface area contributed by atoms with Crippen LogP contribution in [0.25, 0.3) is 17.1 Å².